The number of azo groups is 1. The molecule has 0 heterocycles. The molecule has 0 saturated heterocycles. The molecule has 10 nitrogen and oxygen atoms in total. The number of phenols is 3. The number of rotatable bonds is 4. The third-order valence-corrected chi connectivity index (χ3v) is 3.67. The Bertz CT molecular complexity index is 959. The summed E-state index contributed by atoms with van der Waals surface area (Å²) in [5.41, 5.74) is -1.22. The Hall–Kier alpha value is -2.65. The molecule has 0 aliphatic rings. The summed E-state index contributed by atoms with van der Waals surface area (Å²) in [5, 5.41) is 44.4. The monoisotopic (exact) mass is 406 g/mol. The molecule has 5 N–H and O–H groups in total. The first-order valence-electron chi connectivity index (χ1n) is 6.11. The zero-order valence-corrected chi connectivity index (χ0v) is 14.1. The van der Waals surface area contributed by atoms with Gasteiger partial charge in [0.05, 0.1) is 5.69 Å². The van der Waals surface area contributed by atoms with Crippen molar-refractivity contribution in [1.82, 2.24) is 0 Å². The maximum atomic E-state index is 11.2. The second kappa shape index (κ2) is 7.49. The van der Waals surface area contributed by atoms with E-state index in [1.165, 1.54) is 12.1 Å². The molecule has 0 aromatic heterocycles. The van der Waals surface area contributed by atoms with Crippen LogP contribution in [0.4, 0.5) is 11.4 Å². The number of carbonyl (C=O) groups is 1. The molecule has 132 valence electrons. The van der Waals surface area contributed by atoms with E-state index in [2.05, 4.69) is 10.2 Å². The minimum atomic E-state index is -4.91. The number of hydrogen-bond donors (Lipinski definition) is 5. The molecule has 0 atom stereocenters. The van der Waals surface area contributed by atoms with Crippen molar-refractivity contribution in [3.05, 3.63) is 35.9 Å². The molecular weight excluding hydrogens is 396 g/mol. The van der Waals surface area contributed by atoms with Crippen molar-refractivity contribution in [1.29, 1.82) is 0 Å². The second-order valence-corrected chi connectivity index (χ2v) is 5.88. The molecule has 2 aromatic carbocycles. The van der Waals surface area contributed by atoms with Gasteiger partial charge in [-0.2, -0.15) is 13.5 Å². The van der Waals surface area contributed by atoms with Gasteiger partial charge < -0.3 is 20.4 Å². The summed E-state index contributed by atoms with van der Waals surface area (Å²) in [4.78, 5) is 9.99. The quantitative estimate of drug-likeness (QED) is 0.379. The molecule has 0 unspecified atom stereocenters. The summed E-state index contributed by atoms with van der Waals surface area (Å²) in [7, 11) is -4.91. The van der Waals surface area contributed by atoms with E-state index in [1.807, 2.05) is 0 Å². The third-order valence-electron chi connectivity index (χ3n) is 2.80. The van der Waals surface area contributed by atoms with Crippen LogP contribution < -0.4 is 0 Å². The first-order chi connectivity index (χ1) is 11.1. The van der Waals surface area contributed by atoms with Crippen LogP contribution in [0.2, 0.25) is 0 Å². The van der Waals surface area contributed by atoms with Crippen LogP contribution in [0.5, 0.6) is 17.2 Å². The van der Waals surface area contributed by atoms with Gasteiger partial charge in [0.15, 0.2) is 5.75 Å². The largest absolute Gasteiger partial charge is 0.508 e. The first kappa shape index (κ1) is 20.4. The molecule has 0 aliphatic carbocycles. The standard InChI is InChI=1S/C13H10N2O8S.Cr/c16-7-1-2-9(10(17)5-7)15-14-6-3-8(13(19)20)12(18)11(4-6)24(21,22)23;/h1-5,16-18H,(H,19,20)(H,21,22,23);. The van der Waals surface area contributed by atoms with Crippen molar-refractivity contribution in [2.75, 3.05) is 0 Å². The van der Waals surface area contributed by atoms with Crippen LogP contribution in [0, 0.1) is 0 Å². The van der Waals surface area contributed by atoms with Crippen LogP contribution in [0.15, 0.2) is 45.5 Å². The van der Waals surface area contributed by atoms with Crippen LogP contribution in [-0.4, -0.2) is 39.4 Å². The Morgan fingerprint density at radius 1 is 1.00 bits per heavy atom. The SMILES string of the molecule is O=C(O)c1cc(N=Nc2ccc(O)cc2O)cc(S(=O)(=O)O)c1O.[Cr]. The van der Waals surface area contributed by atoms with Crippen LogP contribution in [0.3, 0.4) is 0 Å². The van der Waals surface area contributed by atoms with Gasteiger partial charge in [-0.1, -0.05) is 0 Å². The fraction of sp³-hybridized carbons (Fsp3) is 0. The summed E-state index contributed by atoms with van der Waals surface area (Å²) in [6.45, 7) is 0. The van der Waals surface area contributed by atoms with Crippen LogP contribution in [0.1, 0.15) is 10.4 Å². The van der Waals surface area contributed by atoms with Gasteiger partial charge in [0.25, 0.3) is 10.1 Å². The summed E-state index contributed by atoms with van der Waals surface area (Å²) in [6, 6.07) is 4.93. The van der Waals surface area contributed by atoms with Gasteiger partial charge >= 0.3 is 5.97 Å². The molecule has 0 radical (unpaired) electrons. The van der Waals surface area contributed by atoms with Crippen LogP contribution >= 0.6 is 0 Å². The van der Waals surface area contributed by atoms with Gasteiger partial charge in [0.2, 0.25) is 0 Å². The third kappa shape index (κ3) is 4.68. The summed E-state index contributed by atoms with van der Waals surface area (Å²) >= 11 is 0. The molecule has 0 fully saturated rings. The number of phenolic OH excluding ortho intramolecular Hbond substituents is 2. The molecule has 0 spiro atoms. The predicted octanol–water partition coefficient (Wildman–Crippen LogP) is 2.16. The number of aromatic carboxylic acids is 1. The van der Waals surface area contributed by atoms with E-state index in [0.717, 1.165) is 12.1 Å². The average molecular weight is 406 g/mol. The molecule has 0 bridgehead atoms. The maximum absolute atomic E-state index is 11.2. The minimum absolute atomic E-state index is 0. The molecule has 2 aromatic rings. The fourth-order valence-corrected chi connectivity index (χ4v) is 2.34. The Labute approximate surface area is 151 Å². The van der Waals surface area contributed by atoms with Gasteiger partial charge in [-0.15, -0.1) is 5.11 Å². The van der Waals surface area contributed by atoms with E-state index in [9.17, 15) is 23.4 Å². The summed E-state index contributed by atoms with van der Waals surface area (Å²) < 4.78 is 31.5. The predicted molar refractivity (Wildman–Crippen MR) is 78.8 cm³/mol. The van der Waals surface area contributed by atoms with Crippen molar-refractivity contribution < 1.29 is 55.6 Å². The topological polar surface area (TPSA) is 177 Å². The Morgan fingerprint density at radius 2 is 1.64 bits per heavy atom. The van der Waals surface area contributed by atoms with E-state index in [0.29, 0.717) is 6.07 Å². The van der Waals surface area contributed by atoms with Crippen molar-refractivity contribution in [3.63, 3.8) is 0 Å². The van der Waals surface area contributed by atoms with Gasteiger partial charge in [-0.05, 0) is 24.3 Å². The normalized spacial score (nSPS) is 11.2. The van der Waals surface area contributed by atoms with E-state index >= 15 is 0 Å². The fourth-order valence-electron chi connectivity index (χ4n) is 1.72. The van der Waals surface area contributed by atoms with Gasteiger partial charge in [-0.25, -0.2) is 4.79 Å². The summed E-state index contributed by atoms with van der Waals surface area (Å²) in [5.74, 6) is -3.44. The minimum Gasteiger partial charge on any atom is -0.508 e. The molecule has 25 heavy (non-hydrogen) atoms. The van der Waals surface area contributed by atoms with Gasteiger partial charge in [0, 0.05) is 23.4 Å². The van der Waals surface area contributed by atoms with E-state index < -0.39 is 38.0 Å². The van der Waals surface area contributed by atoms with Crippen molar-refractivity contribution >= 4 is 27.5 Å². The van der Waals surface area contributed by atoms with Crippen molar-refractivity contribution in [3.8, 4) is 17.2 Å². The summed E-state index contributed by atoms with van der Waals surface area (Å²) in [6.07, 6.45) is 0. The second-order valence-electron chi connectivity index (χ2n) is 4.49. The molecule has 0 saturated carbocycles. The molecule has 0 amide bonds. The van der Waals surface area contributed by atoms with Crippen LogP contribution in [0.25, 0.3) is 0 Å². The number of aromatic hydroxyl groups is 3. The number of hydrogen-bond acceptors (Lipinski definition) is 8. The first-order valence-corrected chi connectivity index (χ1v) is 7.55. The Balaban J connectivity index is 0.00000312. The van der Waals surface area contributed by atoms with Crippen molar-refractivity contribution in [2.45, 2.75) is 4.90 Å². The van der Waals surface area contributed by atoms with E-state index in [4.69, 9.17) is 14.8 Å². The average Bonchev–Trinajstić information content (AvgIpc) is 2.46. The van der Waals surface area contributed by atoms with Gasteiger partial charge in [-0.3, -0.25) is 4.55 Å². The molecular formula is C13H10CrN2O8S. The Kier molecular flexibility index (Phi) is 6.12. The molecule has 0 aliphatic heterocycles. The zero-order chi connectivity index (χ0) is 18.1. The zero-order valence-electron chi connectivity index (χ0n) is 12.1. The smallest absolute Gasteiger partial charge is 0.339 e. The Morgan fingerprint density at radius 3 is 2.16 bits per heavy atom. The number of carboxylic acid groups (broad SMARTS) is 1. The number of benzene rings is 2. The number of nitrogens with zero attached hydrogens (tertiary/aromatic N) is 2. The maximum Gasteiger partial charge on any atom is 0.339 e. The van der Waals surface area contributed by atoms with Gasteiger partial charge in [0.1, 0.15) is 27.6 Å². The van der Waals surface area contributed by atoms with Crippen molar-refractivity contribution in [2.24, 2.45) is 10.2 Å². The van der Waals surface area contributed by atoms with Crippen LogP contribution in [-0.2, 0) is 27.5 Å². The molecule has 12 heteroatoms. The number of carboxylic acids is 1. The van der Waals surface area contributed by atoms with E-state index in [-0.39, 0.29) is 34.5 Å². The molecule has 2 rings (SSSR count). The van der Waals surface area contributed by atoms with E-state index in [1.54, 1.807) is 0 Å².